The first-order valence-corrected chi connectivity index (χ1v) is 5.20. The summed E-state index contributed by atoms with van der Waals surface area (Å²) in [6.07, 6.45) is 1.27. The zero-order valence-electron chi connectivity index (χ0n) is 8.67. The summed E-state index contributed by atoms with van der Waals surface area (Å²) in [6.45, 7) is 0.488. The number of ether oxygens (including phenoxy) is 1. The lowest BCUT2D eigenvalue weighted by Crippen LogP contribution is -2.26. The molecule has 0 bridgehead atoms. The summed E-state index contributed by atoms with van der Waals surface area (Å²) in [5, 5.41) is 0.160. The summed E-state index contributed by atoms with van der Waals surface area (Å²) in [6, 6.07) is 4.94. The highest BCUT2D eigenvalue weighted by Gasteiger charge is 2.08. The molecule has 0 aliphatic rings. The highest BCUT2D eigenvalue weighted by molar-refractivity contribution is 6.30. The summed E-state index contributed by atoms with van der Waals surface area (Å²) < 4.78 is 18.3. The lowest BCUT2D eigenvalue weighted by Gasteiger charge is -2.10. The first-order chi connectivity index (χ1) is 7.15. The van der Waals surface area contributed by atoms with E-state index < -0.39 is 0 Å². The van der Waals surface area contributed by atoms with Gasteiger partial charge in [-0.2, -0.15) is 0 Å². The molecule has 0 saturated carbocycles. The third kappa shape index (κ3) is 3.78. The van der Waals surface area contributed by atoms with Gasteiger partial charge < -0.3 is 10.5 Å². The normalized spacial score (nSPS) is 12.8. The molecule has 0 heterocycles. The highest BCUT2D eigenvalue weighted by atomic mass is 35.5. The predicted octanol–water partition coefficient (Wildman–Crippen LogP) is 2.39. The van der Waals surface area contributed by atoms with Gasteiger partial charge >= 0.3 is 0 Å². The maximum Gasteiger partial charge on any atom is 0.144 e. The van der Waals surface area contributed by atoms with Gasteiger partial charge in [0.05, 0.1) is 11.6 Å². The number of nitrogens with two attached hydrogens (primary N) is 1. The van der Waals surface area contributed by atoms with Crippen molar-refractivity contribution in [1.82, 2.24) is 0 Å². The van der Waals surface area contributed by atoms with Gasteiger partial charge in [-0.3, -0.25) is 0 Å². The van der Waals surface area contributed by atoms with Crippen LogP contribution in [0.25, 0.3) is 0 Å². The van der Waals surface area contributed by atoms with Crippen LogP contribution >= 0.6 is 11.6 Å². The van der Waals surface area contributed by atoms with Crippen LogP contribution < -0.4 is 5.73 Å². The van der Waals surface area contributed by atoms with Gasteiger partial charge in [0.25, 0.3) is 0 Å². The quantitative estimate of drug-likeness (QED) is 0.845. The number of halogens is 2. The third-order valence-electron chi connectivity index (χ3n) is 2.20. The first kappa shape index (κ1) is 12.4. The van der Waals surface area contributed by atoms with Crippen LogP contribution in [-0.4, -0.2) is 19.8 Å². The van der Waals surface area contributed by atoms with Crippen molar-refractivity contribution in [2.75, 3.05) is 13.7 Å². The van der Waals surface area contributed by atoms with Crippen molar-refractivity contribution < 1.29 is 9.13 Å². The van der Waals surface area contributed by atoms with E-state index in [1.807, 2.05) is 0 Å². The topological polar surface area (TPSA) is 35.2 Å². The zero-order valence-corrected chi connectivity index (χ0v) is 9.43. The van der Waals surface area contributed by atoms with Crippen molar-refractivity contribution in [3.8, 4) is 0 Å². The van der Waals surface area contributed by atoms with E-state index in [1.54, 1.807) is 19.2 Å². The molecule has 4 heteroatoms. The molecular weight excluding hydrogens is 217 g/mol. The van der Waals surface area contributed by atoms with Gasteiger partial charge in [0.1, 0.15) is 5.82 Å². The fraction of sp³-hybridized carbons (Fsp3) is 0.455. The fourth-order valence-electron chi connectivity index (χ4n) is 1.38. The fourth-order valence-corrected chi connectivity index (χ4v) is 1.57. The predicted molar refractivity (Wildman–Crippen MR) is 59.6 cm³/mol. The van der Waals surface area contributed by atoms with E-state index >= 15 is 0 Å². The van der Waals surface area contributed by atoms with Crippen molar-refractivity contribution >= 4 is 11.6 Å². The summed E-state index contributed by atoms with van der Waals surface area (Å²) >= 11 is 5.66. The molecule has 1 aromatic rings. The van der Waals surface area contributed by atoms with Gasteiger partial charge in [-0.1, -0.05) is 23.7 Å². The monoisotopic (exact) mass is 231 g/mol. The maximum atomic E-state index is 13.4. The average molecular weight is 232 g/mol. The molecule has 15 heavy (non-hydrogen) atoms. The Morgan fingerprint density at radius 1 is 1.53 bits per heavy atom. The largest absolute Gasteiger partial charge is 0.383 e. The Labute approximate surface area is 94.2 Å². The Morgan fingerprint density at radius 2 is 2.27 bits per heavy atom. The SMILES string of the molecule is COCC(N)CCc1cccc(Cl)c1F. The molecule has 84 valence electrons. The molecule has 0 amide bonds. The Bertz CT molecular complexity index is 319. The Kier molecular flexibility index (Phi) is 5.02. The Hall–Kier alpha value is -0.640. The Balaban J connectivity index is 2.54. The first-order valence-electron chi connectivity index (χ1n) is 4.82. The van der Waals surface area contributed by atoms with Crippen molar-refractivity contribution in [2.24, 2.45) is 5.73 Å². The third-order valence-corrected chi connectivity index (χ3v) is 2.49. The van der Waals surface area contributed by atoms with E-state index in [9.17, 15) is 4.39 Å². The van der Waals surface area contributed by atoms with Crippen LogP contribution in [0.2, 0.25) is 5.02 Å². The van der Waals surface area contributed by atoms with E-state index in [2.05, 4.69) is 0 Å². The zero-order chi connectivity index (χ0) is 11.3. The van der Waals surface area contributed by atoms with Gasteiger partial charge in [-0.05, 0) is 24.5 Å². The van der Waals surface area contributed by atoms with Crippen LogP contribution in [0.15, 0.2) is 18.2 Å². The molecule has 2 N–H and O–H groups in total. The number of aryl methyl sites for hydroxylation is 1. The number of benzene rings is 1. The molecule has 1 rings (SSSR count). The lowest BCUT2D eigenvalue weighted by molar-refractivity contribution is 0.177. The minimum absolute atomic E-state index is 0.0617. The number of hydrogen-bond acceptors (Lipinski definition) is 2. The van der Waals surface area contributed by atoms with Gasteiger partial charge in [-0.25, -0.2) is 4.39 Å². The molecule has 1 aromatic carbocycles. The van der Waals surface area contributed by atoms with Crippen LogP contribution in [0.3, 0.4) is 0 Å². The molecule has 2 nitrogen and oxygen atoms in total. The number of methoxy groups -OCH3 is 1. The van der Waals surface area contributed by atoms with E-state index in [1.165, 1.54) is 6.07 Å². The van der Waals surface area contributed by atoms with Crippen LogP contribution in [0.1, 0.15) is 12.0 Å². The van der Waals surface area contributed by atoms with Crippen LogP contribution in [0, 0.1) is 5.82 Å². The summed E-state index contributed by atoms with van der Waals surface area (Å²) in [5.41, 5.74) is 6.35. The van der Waals surface area contributed by atoms with Gasteiger partial charge in [0, 0.05) is 13.2 Å². The van der Waals surface area contributed by atoms with Gasteiger partial charge in [-0.15, -0.1) is 0 Å². The minimum Gasteiger partial charge on any atom is -0.383 e. The van der Waals surface area contributed by atoms with Gasteiger partial charge in [0.15, 0.2) is 0 Å². The van der Waals surface area contributed by atoms with Gasteiger partial charge in [0.2, 0.25) is 0 Å². The molecule has 0 aliphatic carbocycles. The highest BCUT2D eigenvalue weighted by Crippen LogP contribution is 2.19. The second-order valence-electron chi connectivity index (χ2n) is 3.47. The lowest BCUT2D eigenvalue weighted by atomic mass is 10.1. The minimum atomic E-state index is -0.344. The summed E-state index contributed by atoms with van der Waals surface area (Å²) in [4.78, 5) is 0. The summed E-state index contributed by atoms with van der Waals surface area (Å²) in [5.74, 6) is -0.344. The summed E-state index contributed by atoms with van der Waals surface area (Å²) in [7, 11) is 1.60. The standard InChI is InChI=1S/C11H15ClFNO/c1-15-7-9(14)6-5-8-3-2-4-10(12)11(8)13/h2-4,9H,5-7,14H2,1H3. The molecule has 0 aromatic heterocycles. The molecular formula is C11H15ClFNO. The number of hydrogen-bond donors (Lipinski definition) is 1. The molecule has 0 spiro atoms. The van der Waals surface area contributed by atoms with E-state index in [0.29, 0.717) is 25.0 Å². The maximum absolute atomic E-state index is 13.4. The van der Waals surface area contributed by atoms with Crippen molar-refractivity contribution in [2.45, 2.75) is 18.9 Å². The van der Waals surface area contributed by atoms with Crippen LogP contribution in [0.4, 0.5) is 4.39 Å². The number of rotatable bonds is 5. The van der Waals surface area contributed by atoms with E-state index in [0.717, 1.165) is 0 Å². The molecule has 1 atom stereocenters. The van der Waals surface area contributed by atoms with Crippen LogP contribution in [-0.2, 0) is 11.2 Å². The molecule has 0 saturated heterocycles. The molecule has 0 aliphatic heterocycles. The molecule has 0 fully saturated rings. The second kappa shape index (κ2) is 6.05. The van der Waals surface area contributed by atoms with E-state index in [-0.39, 0.29) is 16.9 Å². The average Bonchev–Trinajstić information content (AvgIpc) is 2.21. The Morgan fingerprint density at radius 3 is 2.93 bits per heavy atom. The van der Waals surface area contributed by atoms with E-state index in [4.69, 9.17) is 22.1 Å². The second-order valence-corrected chi connectivity index (χ2v) is 3.87. The molecule has 1 unspecified atom stereocenters. The van der Waals surface area contributed by atoms with Crippen molar-refractivity contribution in [3.05, 3.63) is 34.6 Å². The van der Waals surface area contributed by atoms with Crippen molar-refractivity contribution in [1.29, 1.82) is 0 Å². The molecule has 0 radical (unpaired) electrons. The smallest absolute Gasteiger partial charge is 0.144 e. The van der Waals surface area contributed by atoms with Crippen LogP contribution in [0.5, 0.6) is 0 Å². The van der Waals surface area contributed by atoms with Crippen molar-refractivity contribution in [3.63, 3.8) is 0 Å².